The van der Waals surface area contributed by atoms with Crippen LogP contribution in [0.2, 0.25) is 0 Å². The van der Waals surface area contributed by atoms with E-state index in [9.17, 15) is 9.90 Å². The predicted molar refractivity (Wildman–Crippen MR) is 103 cm³/mol. The van der Waals surface area contributed by atoms with Crippen molar-refractivity contribution >= 4 is 5.97 Å². The number of ether oxygens (including phenoxy) is 1. The number of carbonyl (C=O) groups is 1. The first-order chi connectivity index (χ1) is 13.0. The van der Waals surface area contributed by atoms with Crippen molar-refractivity contribution < 1.29 is 14.6 Å². The molecule has 0 aliphatic rings. The molecule has 0 unspecified atom stereocenters. The lowest BCUT2D eigenvalue weighted by atomic mass is 9.98. The fourth-order valence-electron chi connectivity index (χ4n) is 2.97. The van der Waals surface area contributed by atoms with Crippen molar-refractivity contribution in [3.8, 4) is 17.1 Å². The molecular formula is C21H23N3O3. The zero-order valence-corrected chi connectivity index (χ0v) is 15.7. The Morgan fingerprint density at radius 1 is 1.15 bits per heavy atom. The highest BCUT2D eigenvalue weighted by atomic mass is 16.5. The van der Waals surface area contributed by atoms with Gasteiger partial charge in [0.25, 0.3) is 0 Å². The lowest BCUT2D eigenvalue weighted by molar-refractivity contribution is 0.0697. The van der Waals surface area contributed by atoms with Gasteiger partial charge in [-0.1, -0.05) is 56.3 Å². The molecule has 0 radical (unpaired) electrons. The van der Waals surface area contributed by atoms with E-state index in [1.807, 2.05) is 41.1 Å². The number of aromatic nitrogens is 3. The Bertz CT molecular complexity index is 930. The maximum absolute atomic E-state index is 11.4. The molecule has 0 atom stereocenters. The summed E-state index contributed by atoms with van der Waals surface area (Å²) < 4.78 is 7.05. The van der Waals surface area contributed by atoms with Gasteiger partial charge < -0.3 is 9.84 Å². The van der Waals surface area contributed by atoms with Crippen molar-refractivity contribution in [1.82, 2.24) is 14.8 Å². The van der Waals surface area contributed by atoms with Gasteiger partial charge in [-0.15, -0.1) is 5.10 Å². The molecule has 3 aromatic rings. The molecule has 27 heavy (non-hydrogen) atoms. The van der Waals surface area contributed by atoms with Crippen LogP contribution in [0.4, 0.5) is 0 Å². The molecule has 1 aromatic heterocycles. The van der Waals surface area contributed by atoms with Crippen LogP contribution in [0.3, 0.4) is 0 Å². The molecule has 1 N–H and O–H groups in total. The highest BCUT2D eigenvalue weighted by molar-refractivity contribution is 5.95. The normalized spacial score (nSPS) is 11.0. The van der Waals surface area contributed by atoms with Crippen molar-refractivity contribution in [1.29, 1.82) is 0 Å². The van der Waals surface area contributed by atoms with Crippen LogP contribution in [0, 0.1) is 5.92 Å². The number of benzene rings is 2. The number of methoxy groups -OCH3 is 1. The number of carboxylic acid groups (broad SMARTS) is 1. The quantitative estimate of drug-likeness (QED) is 0.687. The number of hydrogen-bond acceptors (Lipinski definition) is 4. The minimum Gasteiger partial charge on any atom is -0.478 e. The molecule has 0 saturated heterocycles. The maximum Gasteiger partial charge on any atom is 0.336 e. The van der Waals surface area contributed by atoms with E-state index in [1.165, 1.54) is 0 Å². The monoisotopic (exact) mass is 365 g/mol. The Labute approximate surface area is 158 Å². The molecule has 0 fully saturated rings. The summed E-state index contributed by atoms with van der Waals surface area (Å²) >= 11 is 0. The first-order valence-corrected chi connectivity index (χ1v) is 8.87. The van der Waals surface area contributed by atoms with Gasteiger partial charge in [0, 0.05) is 13.0 Å². The summed E-state index contributed by atoms with van der Waals surface area (Å²) in [5, 5.41) is 13.8. The third kappa shape index (κ3) is 4.34. The SMILES string of the molecule is COc1nc(Cc2ccc(-c3ccccc3C(=O)O)cc2)n(CC(C)C)n1. The van der Waals surface area contributed by atoms with Crippen molar-refractivity contribution in [2.45, 2.75) is 26.8 Å². The highest BCUT2D eigenvalue weighted by Gasteiger charge is 2.13. The zero-order chi connectivity index (χ0) is 19.4. The van der Waals surface area contributed by atoms with Crippen LogP contribution in [0.15, 0.2) is 48.5 Å². The number of carboxylic acids is 1. The molecule has 1 heterocycles. The smallest absolute Gasteiger partial charge is 0.336 e. The molecule has 0 aliphatic carbocycles. The molecule has 0 amide bonds. The summed E-state index contributed by atoms with van der Waals surface area (Å²) in [6.07, 6.45) is 0.629. The Hall–Kier alpha value is -3.15. The van der Waals surface area contributed by atoms with E-state index in [0.717, 1.165) is 23.5 Å². The van der Waals surface area contributed by atoms with Crippen LogP contribution in [-0.4, -0.2) is 33.0 Å². The third-order valence-electron chi connectivity index (χ3n) is 4.23. The molecule has 140 valence electrons. The van der Waals surface area contributed by atoms with Crippen LogP contribution in [-0.2, 0) is 13.0 Å². The third-order valence-corrected chi connectivity index (χ3v) is 4.23. The van der Waals surface area contributed by atoms with E-state index in [0.29, 0.717) is 29.5 Å². The second-order valence-corrected chi connectivity index (χ2v) is 6.82. The summed E-state index contributed by atoms with van der Waals surface area (Å²) in [4.78, 5) is 15.9. The van der Waals surface area contributed by atoms with Crippen molar-refractivity contribution in [3.05, 3.63) is 65.5 Å². The average Bonchev–Trinajstić information content (AvgIpc) is 3.03. The van der Waals surface area contributed by atoms with Crippen molar-refractivity contribution in [3.63, 3.8) is 0 Å². The summed E-state index contributed by atoms with van der Waals surface area (Å²) in [5.41, 5.74) is 2.96. The topological polar surface area (TPSA) is 77.2 Å². The van der Waals surface area contributed by atoms with Gasteiger partial charge in [-0.2, -0.15) is 4.98 Å². The molecule has 2 aromatic carbocycles. The number of aromatic carboxylic acids is 1. The van der Waals surface area contributed by atoms with Gasteiger partial charge >= 0.3 is 12.0 Å². The zero-order valence-electron chi connectivity index (χ0n) is 15.7. The van der Waals surface area contributed by atoms with Gasteiger partial charge in [0.15, 0.2) is 0 Å². The van der Waals surface area contributed by atoms with E-state index >= 15 is 0 Å². The van der Waals surface area contributed by atoms with E-state index in [4.69, 9.17) is 4.74 Å². The number of hydrogen-bond donors (Lipinski definition) is 1. The Balaban J connectivity index is 1.85. The summed E-state index contributed by atoms with van der Waals surface area (Å²) in [6.45, 7) is 5.04. The fourth-order valence-corrected chi connectivity index (χ4v) is 2.97. The lowest BCUT2D eigenvalue weighted by Crippen LogP contribution is -2.10. The molecule has 0 saturated carbocycles. The first-order valence-electron chi connectivity index (χ1n) is 8.87. The van der Waals surface area contributed by atoms with E-state index < -0.39 is 5.97 Å². The van der Waals surface area contributed by atoms with Crippen molar-refractivity contribution in [2.24, 2.45) is 5.92 Å². The minimum atomic E-state index is -0.927. The predicted octanol–water partition coefficient (Wildman–Crippen LogP) is 3.90. The van der Waals surface area contributed by atoms with Crippen LogP contribution in [0.5, 0.6) is 6.01 Å². The summed E-state index contributed by atoms with van der Waals surface area (Å²) in [5.74, 6) is 0.368. The Morgan fingerprint density at radius 3 is 2.48 bits per heavy atom. The van der Waals surface area contributed by atoms with Crippen LogP contribution in [0.25, 0.3) is 11.1 Å². The largest absolute Gasteiger partial charge is 0.478 e. The molecule has 0 spiro atoms. The van der Waals surface area contributed by atoms with Crippen LogP contribution < -0.4 is 4.74 Å². The standard InChI is InChI=1S/C21H23N3O3/c1-14(2)13-24-19(22-21(23-24)27-3)12-15-8-10-16(11-9-15)17-6-4-5-7-18(17)20(25)26/h4-11,14H,12-13H2,1-3H3,(H,25,26). The first kappa shape index (κ1) is 18.6. The Morgan fingerprint density at radius 2 is 1.85 bits per heavy atom. The minimum absolute atomic E-state index is 0.298. The summed E-state index contributed by atoms with van der Waals surface area (Å²) in [6, 6.07) is 15.3. The van der Waals surface area contributed by atoms with Gasteiger partial charge in [0.2, 0.25) is 0 Å². The second-order valence-electron chi connectivity index (χ2n) is 6.82. The van der Waals surface area contributed by atoms with E-state index in [2.05, 4.69) is 23.9 Å². The number of nitrogens with zero attached hydrogens (tertiary/aromatic N) is 3. The fraction of sp³-hybridized carbons (Fsp3) is 0.286. The van der Waals surface area contributed by atoms with E-state index in [1.54, 1.807) is 19.2 Å². The van der Waals surface area contributed by atoms with Gasteiger partial charge in [-0.25, -0.2) is 9.48 Å². The van der Waals surface area contributed by atoms with Gasteiger partial charge in [0.05, 0.1) is 12.7 Å². The maximum atomic E-state index is 11.4. The van der Waals surface area contributed by atoms with Gasteiger partial charge in [0.1, 0.15) is 5.82 Å². The van der Waals surface area contributed by atoms with E-state index in [-0.39, 0.29) is 0 Å². The molecular weight excluding hydrogens is 342 g/mol. The second kappa shape index (κ2) is 8.03. The number of rotatable bonds is 7. The highest BCUT2D eigenvalue weighted by Crippen LogP contribution is 2.25. The van der Waals surface area contributed by atoms with Crippen LogP contribution in [0.1, 0.15) is 35.6 Å². The molecule has 6 nitrogen and oxygen atoms in total. The van der Waals surface area contributed by atoms with Crippen molar-refractivity contribution in [2.75, 3.05) is 7.11 Å². The van der Waals surface area contributed by atoms with Gasteiger partial charge in [-0.05, 0) is 28.7 Å². The van der Waals surface area contributed by atoms with Crippen LogP contribution >= 0.6 is 0 Å². The average molecular weight is 365 g/mol. The molecule has 0 bridgehead atoms. The molecule has 6 heteroatoms. The molecule has 3 rings (SSSR count). The lowest BCUT2D eigenvalue weighted by Gasteiger charge is -2.09. The summed E-state index contributed by atoms with van der Waals surface area (Å²) in [7, 11) is 1.56. The molecule has 0 aliphatic heterocycles. The Kier molecular flexibility index (Phi) is 5.54. The van der Waals surface area contributed by atoms with Gasteiger partial charge in [-0.3, -0.25) is 0 Å².